The average Bonchev–Trinajstić information content (AvgIpc) is 2.13. The molecular weight excluding hydrogens is 165 g/mol. The zero-order chi connectivity index (χ0) is 9.33. The van der Waals surface area contributed by atoms with E-state index >= 15 is 0 Å². The van der Waals surface area contributed by atoms with Crippen LogP contribution in [0.3, 0.4) is 0 Å². The molecule has 0 aromatic carbocycles. The van der Waals surface area contributed by atoms with Crippen molar-refractivity contribution in [3.63, 3.8) is 0 Å². The fourth-order valence-corrected chi connectivity index (χ4v) is 0.150. The molecule has 0 aliphatic heterocycles. The van der Waals surface area contributed by atoms with Crippen molar-refractivity contribution in [1.29, 1.82) is 26.3 Å². The molecule has 0 rings (SSSR count). The number of rotatable bonds is 0. The zero-order valence-electron chi connectivity index (χ0n) is 6.24. The Hall–Kier alpha value is -1.55. The van der Waals surface area contributed by atoms with Crippen LogP contribution in [0.2, 0.25) is 0 Å². The van der Waals surface area contributed by atoms with E-state index in [9.17, 15) is 0 Å². The summed E-state index contributed by atoms with van der Waals surface area (Å²) in [5.41, 5.74) is -2.11. The van der Waals surface area contributed by atoms with Crippen LogP contribution in [-0.4, -0.2) is 0 Å². The van der Waals surface area contributed by atoms with Crippen molar-refractivity contribution in [3.05, 3.63) is 6.57 Å². The molecular formula is C6N5Na. The summed E-state index contributed by atoms with van der Waals surface area (Å²) in [5, 5.41) is 38.5. The van der Waals surface area contributed by atoms with Crippen molar-refractivity contribution in [2.24, 2.45) is 5.41 Å². The normalized spacial score (nSPS) is 5.83. The van der Waals surface area contributed by atoms with Gasteiger partial charge in [-0.2, -0.15) is 21.0 Å². The topological polar surface area (TPSA) is 119 Å². The first-order valence-electron chi connectivity index (χ1n) is 2.12. The summed E-state index contributed by atoms with van der Waals surface area (Å²) in [6.45, 7) is 4.75. The summed E-state index contributed by atoms with van der Waals surface area (Å²) in [6, 6.07) is 5.12. The molecule has 0 heterocycles. The van der Waals surface area contributed by atoms with Crippen LogP contribution < -0.4 is 29.6 Å². The molecule has 0 aliphatic rings. The van der Waals surface area contributed by atoms with Crippen LogP contribution in [0.15, 0.2) is 0 Å². The Labute approximate surface area is 91.9 Å². The summed E-state index contributed by atoms with van der Waals surface area (Å²) in [4.78, 5) is 0. The summed E-state index contributed by atoms with van der Waals surface area (Å²) < 4.78 is 0. The van der Waals surface area contributed by atoms with E-state index in [4.69, 9.17) is 32.9 Å². The molecule has 0 saturated carbocycles. The van der Waals surface area contributed by atoms with Crippen molar-refractivity contribution in [2.75, 3.05) is 0 Å². The SMILES string of the molecule is N#CC(C#N)(C#N)C#N.[C-]#N.[Na+]. The van der Waals surface area contributed by atoms with Crippen molar-refractivity contribution < 1.29 is 29.6 Å². The van der Waals surface area contributed by atoms with Crippen molar-refractivity contribution >= 4 is 0 Å². The average molecular weight is 165 g/mol. The van der Waals surface area contributed by atoms with Gasteiger partial charge in [-0.3, -0.25) is 0 Å². The summed E-state index contributed by atoms with van der Waals surface area (Å²) in [5.74, 6) is 0. The van der Waals surface area contributed by atoms with Gasteiger partial charge in [-0.05, 0) is 0 Å². The predicted octanol–water partition coefficient (Wildman–Crippen LogP) is -2.83. The molecule has 0 spiro atoms. The van der Waals surface area contributed by atoms with Gasteiger partial charge in [0, 0.05) is 0 Å². The van der Waals surface area contributed by atoms with Gasteiger partial charge in [-0.25, -0.2) is 0 Å². The number of nitrogens with zero attached hydrogens (tertiary/aromatic N) is 5. The molecule has 0 fully saturated rings. The van der Waals surface area contributed by atoms with Crippen LogP contribution in [0, 0.1) is 62.6 Å². The quantitative estimate of drug-likeness (QED) is 0.283. The first kappa shape index (κ1) is 16.8. The Balaban J connectivity index is -0.000000249. The van der Waals surface area contributed by atoms with E-state index in [1.165, 1.54) is 24.3 Å². The Kier molecular flexibility index (Phi) is 13.2. The monoisotopic (exact) mass is 165 g/mol. The molecule has 50 valence electrons. The molecule has 0 aromatic heterocycles. The molecule has 0 aromatic rings. The third-order valence-electron chi connectivity index (χ3n) is 0.671. The minimum atomic E-state index is -2.11. The van der Waals surface area contributed by atoms with E-state index < -0.39 is 5.41 Å². The molecule has 0 aliphatic carbocycles. The molecule has 0 amide bonds. The Morgan fingerprint density at radius 3 is 0.917 bits per heavy atom. The minimum Gasteiger partial charge on any atom is -0.512 e. The Morgan fingerprint density at radius 2 is 0.917 bits per heavy atom. The van der Waals surface area contributed by atoms with Gasteiger partial charge in [0.15, 0.2) is 0 Å². The molecule has 0 bridgehead atoms. The number of hydrogen-bond donors (Lipinski definition) is 0. The maximum atomic E-state index is 8.06. The van der Waals surface area contributed by atoms with E-state index in [1.54, 1.807) is 0 Å². The third kappa shape index (κ3) is 4.29. The summed E-state index contributed by atoms with van der Waals surface area (Å²) >= 11 is 0. The molecule has 0 unspecified atom stereocenters. The second kappa shape index (κ2) is 9.45. The first-order valence-corrected chi connectivity index (χ1v) is 2.12. The second-order valence-corrected chi connectivity index (χ2v) is 1.20. The molecule has 12 heavy (non-hydrogen) atoms. The molecule has 6 heteroatoms. The summed E-state index contributed by atoms with van der Waals surface area (Å²) in [6.07, 6.45) is 0. The van der Waals surface area contributed by atoms with E-state index in [-0.39, 0.29) is 29.6 Å². The van der Waals surface area contributed by atoms with Gasteiger partial charge in [0.25, 0.3) is 0 Å². The molecule has 0 saturated heterocycles. The fourth-order valence-electron chi connectivity index (χ4n) is 0.150. The van der Waals surface area contributed by atoms with Crippen LogP contribution in [0.4, 0.5) is 0 Å². The van der Waals surface area contributed by atoms with Gasteiger partial charge < -0.3 is 11.8 Å². The van der Waals surface area contributed by atoms with Gasteiger partial charge in [-0.15, -0.1) is 0 Å². The van der Waals surface area contributed by atoms with Gasteiger partial charge in [-0.1, -0.05) is 0 Å². The van der Waals surface area contributed by atoms with Crippen LogP contribution >= 0.6 is 0 Å². The Morgan fingerprint density at radius 1 is 0.750 bits per heavy atom. The standard InChI is InChI=1S/C5N4.CN.Na/c6-1-5(2-7,3-8)4-9;1-2;/q;-1;+1. The van der Waals surface area contributed by atoms with Crippen LogP contribution in [0.25, 0.3) is 0 Å². The fraction of sp³-hybridized carbons (Fsp3) is 0.167. The van der Waals surface area contributed by atoms with E-state index in [1.807, 2.05) is 0 Å². The second-order valence-electron chi connectivity index (χ2n) is 1.20. The Bertz CT molecular complexity index is 243. The zero-order valence-corrected chi connectivity index (χ0v) is 8.24. The van der Waals surface area contributed by atoms with Gasteiger partial charge in [0.1, 0.15) is 24.3 Å². The van der Waals surface area contributed by atoms with Gasteiger partial charge >= 0.3 is 35.0 Å². The predicted molar refractivity (Wildman–Crippen MR) is 29.9 cm³/mol. The molecule has 0 radical (unpaired) electrons. The van der Waals surface area contributed by atoms with Gasteiger partial charge in [0.2, 0.25) is 0 Å². The minimum absolute atomic E-state index is 0. The maximum Gasteiger partial charge on any atom is 1.00 e. The maximum absolute atomic E-state index is 8.06. The van der Waals surface area contributed by atoms with E-state index in [0.717, 1.165) is 0 Å². The number of hydrogen-bond acceptors (Lipinski definition) is 5. The largest absolute Gasteiger partial charge is 1.00 e. The van der Waals surface area contributed by atoms with Crippen molar-refractivity contribution in [2.45, 2.75) is 0 Å². The van der Waals surface area contributed by atoms with E-state index in [0.29, 0.717) is 0 Å². The van der Waals surface area contributed by atoms with Crippen molar-refractivity contribution in [1.82, 2.24) is 0 Å². The summed E-state index contributed by atoms with van der Waals surface area (Å²) in [7, 11) is 0. The van der Waals surface area contributed by atoms with Crippen LogP contribution in [0.5, 0.6) is 0 Å². The van der Waals surface area contributed by atoms with Crippen LogP contribution in [0.1, 0.15) is 0 Å². The molecule has 0 N–H and O–H groups in total. The van der Waals surface area contributed by atoms with Crippen LogP contribution in [-0.2, 0) is 0 Å². The molecule has 0 atom stereocenters. The van der Waals surface area contributed by atoms with Crippen molar-refractivity contribution in [3.8, 4) is 24.3 Å². The third-order valence-corrected chi connectivity index (χ3v) is 0.671. The molecule has 5 nitrogen and oxygen atoms in total. The smallest absolute Gasteiger partial charge is 0.512 e. The first-order chi connectivity index (χ1) is 5.24. The van der Waals surface area contributed by atoms with Gasteiger partial charge in [0.05, 0.1) is 0 Å². The number of nitriles is 4. The van der Waals surface area contributed by atoms with E-state index in [2.05, 4.69) is 0 Å².